The number of hydrogen-bond donors (Lipinski definition) is 1. The highest BCUT2D eigenvalue weighted by Gasteiger charge is 2.27. The minimum absolute atomic E-state index is 0.177. The van der Waals surface area contributed by atoms with Crippen LogP contribution >= 0.6 is 0 Å². The Morgan fingerprint density at radius 3 is 2.72 bits per heavy atom. The van der Waals surface area contributed by atoms with E-state index in [2.05, 4.69) is 51.2 Å². The fraction of sp³-hybridized carbons (Fsp3) is 0.500. The van der Waals surface area contributed by atoms with Crippen molar-refractivity contribution in [1.29, 1.82) is 0 Å². The molecule has 2 aliphatic rings. The minimum Gasteiger partial charge on any atom is -0.378 e. The maximum Gasteiger partial charge on any atom is 0.251 e. The largest absolute Gasteiger partial charge is 0.378 e. The number of benzene rings is 1. The van der Waals surface area contributed by atoms with E-state index >= 15 is 0 Å². The van der Waals surface area contributed by atoms with Crippen molar-refractivity contribution in [3.8, 4) is 0 Å². The van der Waals surface area contributed by atoms with Crippen LogP contribution in [0.3, 0.4) is 0 Å². The lowest BCUT2D eigenvalue weighted by Crippen LogP contribution is -2.51. The van der Waals surface area contributed by atoms with E-state index in [1.165, 1.54) is 5.56 Å². The number of ether oxygens (including phenoxy) is 1. The third kappa shape index (κ3) is 3.37. The first kappa shape index (κ1) is 16.1. The highest BCUT2D eigenvalue weighted by molar-refractivity contribution is 5.95. The van der Waals surface area contributed by atoms with Crippen LogP contribution in [0.25, 0.3) is 0 Å². The number of guanidine groups is 1. The molecule has 0 amide bonds. The summed E-state index contributed by atoms with van der Waals surface area (Å²) in [6.45, 7) is 7.13. The normalized spacial score (nSPS) is 19.6. The predicted octanol–water partition coefficient (Wildman–Crippen LogP) is 1.85. The molecule has 0 saturated carbocycles. The van der Waals surface area contributed by atoms with E-state index in [0.29, 0.717) is 5.95 Å². The van der Waals surface area contributed by atoms with Gasteiger partial charge in [0.1, 0.15) is 5.82 Å². The molecule has 25 heavy (non-hydrogen) atoms. The molecular weight excluding hydrogens is 316 g/mol. The van der Waals surface area contributed by atoms with Crippen LogP contribution in [0.1, 0.15) is 30.7 Å². The van der Waals surface area contributed by atoms with E-state index in [1.807, 2.05) is 6.07 Å². The third-order valence-corrected chi connectivity index (χ3v) is 4.77. The second-order valence-corrected chi connectivity index (χ2v) is 6.44. The number of H-pyrrole nitrogens is 1. The maximum atomic E-state index is 5.46. The van der Waals surface area contributed by atoms with E-state index in [4.69, 9.17) is 14.7 Å². The minimum atomic E-state index is 0.177. The SMILES string of the molecule is CC(c1ccccc1)c1nc(N2CCCN=C2N2CCOCC2)n[nH]1. The predicted molar refractivity (Wildman–Crippen MR) is 97.0 cm³/mol. The molecule has 4 rings (SSSR count). The Morgan fingerprint density at radius 2 is 1.92 bits per heavy atom. The number of nitrogens with zero attached hydrogens (tertiary/aromatic N) is 5. The summed E-state index contributed by atoms with van der Waals surface area (Å²) in [5, 5.41) is 7.61. The van der Waals surface area contributed by atoms with Crippen LogP contribution in [0, 0.1) is 0 Å². The summed E-state index contributed by atoms with van der Waals surface area (Å²) in [5.74, 6) is 2.75. The van der Waals surface area contributed by atoms with Gasteiger partial charge in [-0.1, -0.05) is 37.3 Å². The van der Waals surface area contributed by atoms with Crippen molar-refractivity contribution in [2.24, 2.45) is 4.99 Å². The molecule has 1 aromatic carbocycles. The lowest BCUT2D eigenvalue weighted by atomic mass is 10.0. The van der Waals surface area contributed by atoms with Crippen molar-refractivity contribution in [2.45, 2.75) is 19.3 Å². The van der Waals surface area contributed by atoms with Crippen LogP contribution < -0.4 is 4.90 Å². The second-order valence-electron chi connectivity index (χ2n) is 6.44. The molecule has 0 bridgehead atoms. The number of aliphatic imine (C=N–C) groups is 1. The van der Waals surface area contributed by atoms with E-state index < -0.39 is 0 Å². The van der Waals surface area contributed by atoms with E-state index in [0.717, 1.165) is 57.6 Å². The Hall–Kier alpha value is -2.41. The molecular formula is C18H24N6O. The van der Waals surface area contributed by atoms with Crippen molar-refractivity contribution < 1.29 is 4.74 Å². The lowest BCUT2D eigenvalue weighted by molar-refractivity contribution is 0.0669. The molecule has 3 heterocycles. The van der Waals surface area contributed by atoms with Gasteiger partial charge in [0.2, 0.25) is 5.96 Å². The second kappa shape index (κ2) is 7.23. The molecule has 1 unspecified atom stereocenters. The van der Waals surface area contributed by atoms with Crippen LogP contribution in [-0.4, -0.2) is 65.4 Å². The molecule has 1 aromatic heterocycles. The van der Waals surface area contributed by atoms with E-state index in [1.54, 1.807) is 0 Å². The van der Waals surface area contributed by atoms with Crippen LogP contribution in [0.15, 0.2) is 35.3 Å². The van der Waals surface area contributed by atoms with Gasteiger partial charge < -0.3 is 9.64 Å². The number of nitrogens with one attached hydrogen (secondary N) is 1. The first-order valence-electron chi connectivity index (χ1n) is 8.95. The fourth-order valence-corrected chi connectivity index (χ4v) is 3.30. The van der Waals surface area contributed by atoms with Gasteiger partial charge in [-0.2, -0.15) is 4.98 Å². The number of rotatable bonds is 3. The van der Waals surface area contributed by atoms with Crippen molar-refractivity contribution >= 4 is 11.9 Å². The Morgan fingerprint density at radius 1 is 1.12 bits per heavy atom. The van der Waals surface area contributed by atoms with Gasteiger partial charge in [0.05, 0.1) is 13.2 Å². The zero-order valence-electron chi connectivity index (χ0n) is 14.6. The summed E-state index contributed by atoms with van der Waals surface area (Å²) < 4.78 is 5.46. The summed E-state index contributed by atoms with van der Waals surface area (Å²) >= 11 is 0. The summed E-state index contributed by atoms with van der Waals surface area (Å²) in [6.07, 6.45) is 1.02. The molecule has 1 N–H and O–H groups in total. The zero-order valence-corrected chi connectivity index (χ0v) is 14.6. The average Bonchev–Trinajstić information content (AvgIpc) is 3.19. The Bertz CT molecular complexity index is 722. The van der Waals surface area contributed by atoms with E-state index in [9.17, 15) is 0 Å². The Labute approximate surface area is 147 Å². The van der Waals surface area contributed by atoms with Crippen molar-refractivity contribution in [2.75, 3.05) is 44.3 Å². The molecule has 1 saturated heterocycles. The number of aromatic nitrogens is 3. The molecule has 2 aromatic rings. The average molecular weight is 340 g/mol. The van der Waals surface area contributed by atoms with Crippen LogP contribution in [0.4, 0.5) is 5.95 Å². The molecule has 132 valence electrons. The number of anilines is 1. The van der Waals surface area contributed by atoms with E-state index in [-0.39, 0.29) is 5.92 Å². The summed E-state index contributed by atoms with van der Waals surface area (Å²) in [7, 11) is 0. The number of aromatic amines is 1. The highest BCUT2D eigenvalue weighted by atomic mass is 16.5. The third-order valence-electron chi connectivity index (χ3n) is 4.77. The molecule has 0 radical (unpaired) electrons. The molecule has 0 aliphatic carbocycles. The fourth-order valence-electron chi connectivity index (χ4n) is 3.30. The van der Waals surface area contributed by atoms with Crippen LogP contribution in [0.2, 0.25) is 0 Å². The molecule has 7 heteroatoms. The molecule has 1 fully saturated rings. The van der Waals surface area contributed by atoms with Gasteiger partial charge in [0, 0.05) is 32.1 Å². The van der Waals surface area contributed by atoms with Gasteiger partial charge >= 0.3 is 0 Å². The smallest absolute Gasteiger partial charge is 0.251 e. The van der Waals surface area contributed by atoms with Crippen LogP contribution in [-0.2, 0) is 4.74 Å². The molecule has 7 nitrogen and oxygen atoms in total. The Balaban J connectivity index is 1.56. The summed E-state index contributed by atoms with van der Waals surface area (Å²) in [5.41, 5.74) is 1.23. The first-order chi connectivity index (χ1) is 12.3. The summed E-state index contributed by atoms with van der Waals surface area (Å²) in [6, 6.07) is 10.4. The maximum absolute atomic E-state index is 5.46. The van der Waals surface area contributed by atoms with Gasteiger partial charge in [-0.25, -0.2) is 0 Å². The molecule has 2 aliphatic heterocycles. The molecule has 0 spiro atoms. The van der Waals surface area contributed by atoms with Gasteiger partial charge in [-0.05, 0) is 12.0 Å². The Kier molecular flexibility index (Phi) is 4.65. The van der Waals surface area contributed by atoms with Gasteiger partial charge in [-0.15, -0.1) is 5.10 Å². The lowest BCUT2D eigenvalue weighted by Gasteiger charge is -2.36. The van der Waals surface area contributed by atoms with Crippen molar-refractivity contribution in [1.82, 2.24) is 20.1 Å². The zero-order chi connectivity index (χ0) is 17.1. The topological polar surface area (TPSA) is 69.6 Å². The van der Waals surface area contributed by atoms with Crippen molar-refractivity contribution in [3.05, 3.63) is 41.7 Å². The first-order valence-corrected chi connectivity index (χ1v) is 8.95. The van der Waals surface area contributed by atoms with Crippen LogP contribution in [0.5, 0.6) is 0 Å². The van der Waals surface area contributed by atoms with Crippen molar-refractivity contribution in [3.63, 3.8) is 0 Å². The highest BCUT2D eigenvalue weighted by Crippen LogP contribution is 2.23. The monoisotopic (exact) mass is 340 g/mol. The number of hydrogen-bond acceptors (Lipinski definition) is 6. The molecule has 1 atom stereocenters. The van der Waals surface area contributed by atoms with Gasteiger partial charge in [-0.3, -0.25) is 15.0 Å². The standard InChI is InChI=1S/C18H24N6O/c1-14(15-6-3-2-4-7-15)16-20-17(22-21-16)24-9-5-8-19-18(24)23-10-12-25-13-11-23/h2-4,6-7,14H,5,8-13H2,1H3,(H,20,21,22). The van der Waals surface area contributed by atoms with Gasteiger partial charge in [0.25, 0.3) is 5.95 Å². The summed E-state index contributed by atoms with van der Waals surface area (Å²) in [4.78, 5) is 13.9. The quantitative estimate of drug-likeness (QED) is 0.923. The van der Waals surface area contributed by atoms with Gasteiger partial charge in [0.15, 0.2) is 0 Å². The number of morpholine rings is 1.